The van der Waals surface area contributed by atoms with Crippen molar-refractivity contribution in [3.8, 4) is 22.9 Å². The van der Waals surface area contributed by atoms with Gasteiger partial charge in [0, 0.05) is 0 Å². The summed E-state index contributed by atoms with van der Waals surface area (Å²) >= 11 is 6.24. The van der Waals surface area contributed by atoms with E-state index in [-0.39, 0.29) is 18.0 Å². The van der Waals surface area contributed by atoms with E-state index in [0.717, 1.165) is 15.8 Å². The molecule has 1 heterocycles. The zero-order valence-corrected chi connectivity index (χ0v) is 13.8. The van der Waals surface area contributed by atoms with E-state index in [2.05, 4.69) is 5.10 Å². The molecule has 0 unspecified atom stereocenters. The molecule has 0 spiro atoms. The molecule has 25 heavy (non-hydrogen) atoms. The molecule has 0 radical (unpaired) electrons. The highest BCUT2D eigenvalue weighted by atomic mass is 35.5. The number of ether oxygens (including phenoxy) is 1. The zero-order valence-electron chi connectivity index (χ0n) is 13.0. The molecule has 3 aromatic rings. The van der Waals surface area contributed by atoms with Crippen LogP contribution < -0.4 is 10.5 Å². The third-order valence-electron chi connectivity index (χ3n) is 3.55. The summed E-state index contributed by atoms with van der Waals surface area (Å²) in [6.45, 7) is -0.304. The number of halogens is 1. The van der Waals surface area contributed by atoms with E-state index >= 15 is 0 Å². The largest absolute Gasteiger partial charge is 0.482 e. The van der Waals surface area contributed by atoms with E-state index in [0.29, 0.717) is 10.8 Å². The first-order valence-electron chi connectivity index (χ1n) is 7.34. The predicted octanol–water partition coefficient (Wildman–Crippen LogP) is 3.38. The number of nitrogen functional groups attached to an aromatic ring is 1. The minimum atomic E-state index is -0.498. The fourth-order valence-electron chi connectivity index (χ4n) is 2.27. The zero-order chi connectivity index (χ0) is 17.8. The van der Waals surface area contributed by atoms with E-state index in [1.807, 2.05) is 42.5 Å². The van der Waals surface area contributed by atoms with Crippen LogP contribution in [0.1, 0.15) is 10.4 Å². The Balaban J connectivity index is 1.72. The average Bonchev–Trinajstić information content (AvgIpc) is 3.01. The SMILES string of the molecule is N#Cc1cnn(C(=O)COc2ccc(-c3ccccc3)cc2Cl)c1N. The van der Waals surface area contributed by atoms with Gasteiger partial charge in [0.1, 0.15) is 23.2 Å². The number of nitrogens with zero attached hydrogens (tertiary/aromatic N) is 3. The number of anilines is 1. The topological polar surface area (TPSA) is 93.9 Å². The lowest BCUT2D eigenvalue weighted by Gasteiger charge is -2.10. The first-order valence-corrected chi connectivity index (χ1v) is 7.72. The van der Waals surface area contributed by atoms with Gasteiger partial charge in [-0.15, -0.1) is 0 Å². The second-order valence-corrected chi connectivity index (χ2v) is 5.57. The number of aromatic nitrogens is 2. The maximum Gasteiger partial charge on any atom is 0.286 e. The molecule has 0 aliphatic carbocycles. The Morgan fingerprint density at radius 2 is 2.00 bits per heavy atom. The maximum atomic E-state index is 12.1. The number of nitrogens with two attached hydrogens (primary N) is 1. The summed E-state index contributed by atoms with van der Waals surface area (Å²) in [6.07, 6.45) is 1.23. The highest BCUT2D eigenvalue weighted by molar-refractivity contribution is 6.32. The number of carbonyl (C=O) groups excluding carboxylic acids is 1. The highest BCUT2D eigenvalue weighted by Gasteiger charge is 2.15. The maximum absolute atomic E-state index is 12.1. The van der Waals surface area contributed by atoms with Crippen LogP contribution in [0.25, 0.3) is 11.1 Å². The molecule has 0 fully saturated rings. The Kier molecular flexibility index (Phi) is 4.68. The van der Waals surface area contributed by atoms with Crippen LogP contribution in [0.3, 0.4) is 0 Å². The summed E-state index contributed by atoms with van der Waals surface area (Å²) < 4.78 is 6.40. The second kappa shape index (κ2) is 7.07. The van der Waals surface area contributed by atoms with Gasteiger partial charge in [-0.05, 0) is 23.3 Å². The fraction of sp³-hybridized carbons (Fsp3) is 0.0556. The molecular weight excluding hydrogens is 340 g/mol. The van der Waals surface area contributed by atoms with Gasteiger partial charge in [0.2, 0.25) is 0 Å². The monoisotopic (exact) mass is 352 g/mol. The third kappa shape index (κ3) is 3.47. The first kappa shape index (κ1) is 16.6. The van der Waals surface area contributed by atoms with Gasteiger partial charge in [0.25, 0.3) is 5.91 Å². The average molecular weight is 353 g/mol. The van der Waals surface area contributed by atoms with Gasteiger partial charge in [-0.3, -0.25) is 4.79 Å². The van der Waals surface area contributed by atoms with E-state index in [1.54, 1.807) is 12.1 Å². The lowest BCUT2D eigenvalue weighted by Crippen LogP contribution is -2.22. The van der Waals surface area contributed by atoms with Crippen molar-refractivity contribution in [3.05, 3.63) is 65.3 Å². The Bertz CT molecular complexity index is 961. The van der Waals surface area contributed by atoms with Crippen molar-refractivity contribution in [2.45, 2.75) is 0 Å². The summed E-state index contributed by atoms with van der Waals surface area (Å²) in [6, 6.07) is 17.0. The minimum Gasteiger partial charge on any atom is -0.482 e. The molecule has 0 saturated heterocycles. The van der Waals surface area contributed by atoms with Crippen molar-refractivity contribution in [3.63, 3.8) is 0 Å². The molecular formula is C18H13ClN4O2. The first-order chi connectivity index (χ1) is 12.1. The van der Waals surface area contributed by atoms with Crippen LogP contribution in [-0.2, 0) is 0 Å². The van der Waals surface area contributed by atoms with Crippen molar-refractivity contribution in [1.29, 1.82) is 5.26 Å². The van der Waals surface area contributed by atoms with Gasteiger partial charge >= 0.3 is 0 Å². The molecule has 3 rings (SSSR count). The van der Waals surface area contributed by atoms with Gasteiger partial charge in [-0.1, -0.05) is 48.0 Å². The van der Waals surface area contributed by atoms with Crippen molar-refractivity contribution in [2.24, 2.45) is 0 Å². The number of benzene rings is 2. The van der Waals surface area contributed by atoms with Crippen LogP contribution in [-0.4, -0.2) is 22.3 Å². The lowest BCUT2D eigenvalue weighted by atomic mass is 10.1. The molecule has 1 aromatic heterocycles. The Labute approximate surface area is 149 Å². The molecule has 0 aliphatic heterocycles. The fourth-order valence-corrected chi connectivity index (χ4v) is 2.51. The third-order valence-corrected chi connectivity index (χ3v) is 3.85. The normalized spacial score (nSPS) is 10.2. The number of nitriles is 1. The smallest absolute Gasteiger partial charge is 0.286 e. The molecule has 0 saturated carbocycles. The summed E-state index contributed by atoms with van der Waals surface area (Å²) in [5.74, 6) is -0.134. The Morgan fingerprint density at radius 1 is 1.24 bits per heavy atom. The number of hydrogen-bond acceptors (Lipinski definition) is 5. The number of rotatable bonds is 4. The van der Waals surface area contributed by atoms with Gasteiger partial charge < -0.3 is 10.5 Å². The van der Waals surface area contributed by atoms with Crippen molar-refractivity contribution in [2.75, 3.05) is 12.3 Å². The summed E-state index contributed by atoms with van der Waals surface area (Å²) in [7, 11) is 0. The van der Waals surface area contributed by atoms with Crippen LogP contribution in [0.2, 0.25) is 5.02 Å². The molecule has 0 atom stereocenters. The summed E-state index contributed by atoms with van der Waals surface area (Å²) in [5.41, 5.74) is 7.78. The predicted molar refractivity (Wildman–Crippen MR) is 94.4 cm³/mol. The van der Waals surface area contributed by atoms with Crippen molar-refractivity contribution in [1.82, 2.24) is 9.78 Å². The standard InChI is InChI=1S/C18H13ClN4O2/c19-15-8-13(12-4-2-1-3-5-12)6-7-16(15)25-11-17(24)23-18(21)14(9-20)10-22-23/h1-8,10H,11,21H2. The second-order valence-electron chi connectivity index (χ2n) is 5.16. The van der Waals surface area contributed by atoms with Gasteiger partial charge in [0.15, 0.2) is 6.61 Å². The quantitative estimate of drug-likeness (QED) is 0.776. The van der Waals surface area contributed by atoms with Crippen molar-refractivity contribution < 1.29 is 9.53 Å². The molecule has 2 aromatic carbocycles. The molecule has 0 bridgehead atoms. The molecule has 2 N–H and O–H groups in total. The van der Waals surface area contributed by atoms with Gasteiger partial charge in [-0.25, -0.2) is 0 Å². The highest BCUT2D eigenvalue weighted by Crippen LogP contribution is 2.30. The minimum absolute atomic E-state index is 0.0124. The van der Waals surface area contributed by atoms with E-state index in [4.69, 9.17) is 27.3 Å². The van der Waals surface area contributed by atoms with Crippen LogP contribution >= 0.6 is 11.6 Å². The van der Waals surface area contributed by atoms with Crippen LogP contribution in [0.5, 0.6) is 5.75 Å². The molecule has 0 amide bonds. The Hall–Kier alpha value is -3.30. The lowest BCUT2D eigenvalue weighted by molar-refractivity contribution is 0.0824. The summed E-state index contributed by atoms with van der Waals surface area (Å²) in [5, 5.41) is 13.0. The molecule has 0 aliphatic rings. The van der Waals surface area contributed by atoms with E-state index in [1.165, 1.54) is 6.20 Å². The van der Waals surface area contributed by atoms with Crippen molar-refractivity contribution >= 4 is 23.3 Å². The van der Waals surface area contributed by atoms with E-state index in [9.17, 15) is 4.79 Å². The number of hydrogen-bond donors (Lipinski definition) is 1. The molecule has 7 heteroatoms. The van der Waals surface area contributed by atoms with Gasteiger partial charge in [0.05, 0.1) is 11.2 Å². The van der Waals surface area contributed by atoms with Crippen LogP contribution in [0, 0.1) is 11.3 Å². The van der Waals surface area contributed by atoms with Crippen LogP contribution in [0.4, 0.5) is 5.82 Å². The Morgan fingerprint density at radius 3 is 2.64 bits per heavy atom. The number of carbonyl (C=O) groups is 1. The molecule has 6 nitrogen and oxygen atoms in total. The van der Waals surface area contributed by atoms with Gasteiger partial charge in [-0.2, -0.15) is 15.0 Å². The van der Waals surface area contributed by atoms with E-state index < -0.39 is 5.91 Å². The summed E-state index contributed by atoms with van der Waals surface area (Å²) in [4.78, 5) is 12.1. The molecule has 124 valence electrons. The van der Waals surface area contributed by atoms with Crippen LogP contribution in [0.15, 0.2) is 54.7 Å².